The molecule has 1 amide bonds. The van der Waals surface area contributed by atoms with Crippen molar-refractivity contribution in [2.75, 3.05) is 54.3 Å². The van der Waals surface area contributed by atoms with Gasteiger partial charge in [0.1, 0.15) is 17.1 Å². The summed E-state index contributed by atoms with van der Waals surface area (Å²) >= 11 is 0. The monoisotopic (exact) mass is 712 g/mol. The molecule has 2 aliphatic heterocycles. The number of amides is 1. The van der Waals surface area contributed by atoms with E-state index in [0.29, 0.717) is 23.0 Å². The van der Waals surface area contributed by atoms with Crippen molar-refractivity contribution in [2.24, 2.45) is 0 Å². The Labute approximate surface area is 275 Å². The van der Waals surface area contributed by atoms with Crippen LogP contribution in [-0.2, 0) is 32.3 Å². The van der Waals surface area contributed by atoms with Gasteiger partial charge in [-0.25, -0.2) is 13.4 Å². The second-order valence-corrected chi connectivity index (χ2v) is 15.9. The van der Waals surface area contributed by atoms with E-state index in [1.807, 2.05) is 4.90 Å². The smallest absolute Gasteiger partial charge is 0.421 e. The van der Waals surface area contributed by atoms with Crippen LogP contribution >= 0.6 is 7.60 Å². The Kier molecular flexibility index (Phi) is 9.47. The van der Waals surface area contributed by atoms with Crippen molar-refractivity contribution >= 4 is 52.2 Å². The number of anilines is 5. The topological polar surface area (TPSA) is 174 Å². The first kappa shape index (κ1) is 35.4. The van der Waals surface area contributed by atoms with Gasteiger partial charge in [0, 0.05) is 44.1 Å². The summed E-state index contributed by atoms with van der Waals surface area (Å²) in [7, 11) is -4.88. The van der Waals surface area contributed by atoms with E-state index in [0.717, 1.165) is 0 Å². The van der Waals surface area contributed by atoms with Gasteiger partial charge in [-0.3, -0.25) is 9.36 Å². The predicted octanol–water partition coefficient (Wildman–Crippen LogP) is 5.00. The highest BCUT2D eigenvalue weighted by Crippen LogP contribution is 2.61. The van der Waals surface area contributed by atoms with Gasteiger partial charge >= 0.3 is 13.8 Å². The molecular formula is C30H36F3N6O7PS. The number of nitrogens with one attached hydrogen (secondary N) is 2. The number of ether oxygens (including phenoxy) is 1. The first-order valence-corrected chi connectivity index (χ1v) is 18.5. The highest BCUT2D eigenvalue weighted by atomic mass is 32.2. The maximum atomic E-state index is 14.2. The van der Waals surface area contributed by atoms with Crippen molar-refractivity contribution in [3.05, 3.63) is 58.8 Å². The normalized spacial score (nSPS) is 16.6. The quantitative estimate of drug-likeness (QED) is 0.207. The molecule has 0 saturated carbocycles. The van der Waals surface area contributed by atoms with Crippen molar-refractivity contribution in [3.63, 3.8) is 0 Å². The number of nitrogens with zero attached hydrogens (tertiary/aromatic N) is 4. The molecule has 0 spiro atoms. The molecule has 2 aliphatic rings. The van der Waals surface area contributed by atoms with E-state index >= 15 is 0 Å². The molecule has 0 unspecified atom stereocenters. The average Bonchev–Trinajstić information content (AvgIpc) is 3.31. The Morgan fingerprint density at radius 3 is 2.27 bits per heavy atom. The van der Waals surface area contributed by atoms with Crippen LogP contribution < -0.4 is 20.3 Å². The van der Waals surface area contributed by atoms with Crippen LogP contribution in [0, 0.1) is 0 Å². The Morgan fingerprint density at radius 2 is 1.69 bits per heavy atom. The van der Waals surface area contributed by atoms with Crippen LogP contribution in [0.4, 0.5) is 42.0 Å². The van der Waals surface area contributed by atoms with Gasteiger partial charge in [-0.1, -0.05) is 19.9 Å². The molecule has 1 aromatic heterocycles. The average molecular weight is 713 g/mol. The van der Waals surface area contributed by atoms with Crippen molar-refractivity contribution in [1.82, 2.24) is 14.9 Å². The van der Waals surface area contributed by atoms with Gasteiger partial charge in [0.2, 0.25) is 5.95 Å². The molecule has 48 heavy (non-hydrogen) atoms. The minimum atomic E-state index is -4.87. The van der Waals surface area contributed by atoms with Gasteiger partial charge < -0.3 is 35.0 Å². The Hall–Kier alpha value is -3.92. The molecule has 13 nitrogen and oxygen atoms in total. The maximum Gasteiger partial charge on any atom is 0.421 e. The summed E-state index contributed by atoms with van der Waals surface area (Å²) in [6, 6.07) is 7.56. The minimum absolute atomic E-state index is 0.0491. The van der Waals surface area contributed by atoms with Crippen molar-refractivity contribution in [3.8, 4) is 5.75 Å². The van der Waals surface area contributed by atoms with Gasteiger partial charge in [0.15, 0.2) is 9.84 Å². The third kappa shape index (κ3) is 6.56. The standard InChI is InChI=1S/C30H36F3N6O7PS/c1-5-29(6-2,47(41,42)43)18-7-8-21(24(15-18)46-4)36-28-34-16-20(30(31,32)33)26(37-28)35-22-9-10-23(19-17-38(3)27(40)25(19)22)39-11-13-48(44,45)14-12-39/h7-10,15-16H,5-6,11-14,17H2,1-4H3,(H2,41,42,43)(H2,34,35,36,37). The SMILES string of the molecule is CCC(CC)(c1ccc(Nc2ncc(C(F)(F)F)c(Nc3ccc(N4CCS(=O)(=O)CC4)c4c3C(=O)N(C)C4)n2)c(OC)c1)P(=O)(O)O. The fourth-order valence-electron chi connectivity index (χ4n) is 6.21. The van der Waals surface area contributed by atoms with Crippen LogP contribution in [0.3, 0.4) is 0 Å². The number of sulfone groups is 1. The first-order chi connectivity index (χ1) is 22.4. The van der Waals surface area contributed by atoms with E-state index in [1.54, 1.807) is 27.0 Å². The summed E-state index contributed by atoms with van der Waals surface area (Å²) in [5.74, 6) is -1.25. The predicted molar refractivity (Wildman–Crippen MR) is 174 cm³/mol. The highest BCUT2D eigenvalue weighted by Gasteiger charge is 2.45. The lowest BCUT2D eigenvalue weighted by molar-refractivity contribution is -0.137. The number of carbonyl (C=O) groups excluding carboxylic acids is 1. The Balaban J connectivity index is 1.52. The molecule has 0 atom stereocenters. The van der Waals surface area contributed by atoms with Gasteiger partial charge in [0.25, 0.3) is 5.91 Å². The molecule has 0 radical (unpaired) electrons. The molecule has 0 aliphatic carbocycles. The van der Waals surface area contributed by atoms with E-state index in [9.17, 15) is 40.7 Å². The van der Waals surface area contributed by atoms with E-state index in [2.05, 4.69) is 20.6 Å². The van der Waals surface area contributed by atoms with Crippen LogP contribution in [0.15, 0.2) is 36.5 Å². The lowest BCUT2D eigenvalue weighted by Gasteiger charge is -2.33. The number of hydrogen-bond acceptors (Lipinski definition) is 10. The minimum Gasteiger partial charge on any atom is -0.495 e. The summed E-state index contributed by atoms with van der Waals surface area (Å²) in [6.45, 7) is 3.96. The van der Waals surface area contributed by atoms with E-state index in [1.165, 1.54) is 36.3 Å². The fourth-order valence-corrected chi connectivity index (χ4v) is 8.71. The molecule has 260 valence electrons. The lowest BCUT2D eigenvalue weighted by atomic mass is 9.92. The summed E-state index contributed by atoms with van der Waals surface area (Å²) in [5.41, 5.74) is 0.795. The molecule has 1 fully saturated rings. The van der Waals surface area contributed by atoms with Crippen LogP contribution in [0.1, 0.15) is 53.7 Å². The zero-order valence-electron chi connectivity index (χ0n) is 26.6. The summed E-state index contributed by atoms with van der Waals surface area (Å²) in [6.07, 6.45) is -3.98. The van der Waals surface area contributed by atoms with Gasteiger partial charge in [-0.15, -0.1) is 0 Å². The van der Waals surface area contributed by atoms with Crippen LogP contribution in [0.25, 0.3) is 0 Å². The molecule has 3 heterocycles. The molecule has 0 bridgehead atoms. The molecule has 2 aromatic carbocycles. The number of benzene rings is 2. The van der Waals surface area contributed by atoms with Gasteiger partial charge in [-0.05, 0) is 42.7 Å². The van der Waals surface area contributed by atoms with Gasteiger partial charge in [-0.2, -0.15) is 18.2 Å². The fraction of sp³-hybridized carbons (Fsp3) is 0.433. The molecule has 3 aromatic rings. The second kappa shape index (κ2) is 12.8. The van der Waals surface area contributed by atoms with Crippen LogP contribution in [0.5, 0.6) is 5.75 Å². The van der Waals surface area contributed by atoms with E-state index in [4.69, 9.17) is 4.74 Å². The highest BCUT2D eigenvalue weighted by molar-refractivity contribution is 7.91. The number of alkyl halides is 3. The third-order valence-corrected chi connectivity index (χ3v) is 12.6. The second-order valence-electron chi connectivity index (χ2n) is 11.7. The zero-order chi connectivity index (χ0) is 35.2. The van der Waals surface area contributed by atoms with Crippen LogP contribution in [-0.4, -0.2) is 77.7 Å². The Morgan fingerprint density at radius 1 is 1.04 bits per heavy atom. The van der Waals surface area contributed by atoms with Crippen molar-refractivity contribution < 1.29 is 45.5 Å². The number of fused-ring (bicyclic) bond motifs is 1. The molecule has 1 saturated heterocycles. The molecular weight excluding hydrogens is 676 g/mol. The molecule has 5 rings (SSSR count). The number of methoxy groups -OCH3 is 1. The first-order valence-electron chi connectivity index (χ1n) is 15.0. The maximum absolute atomic E-state index is 14.2. The van der Waals surface area contributed by atoms with Gasteiger partial charge in [0.05, 0.1) is 40.7 Å². The lowest BCUT2D eigenvalue weighted by Crippen LogP contribution is -2.40. The van der Waals surface area contributed by atoms with E-state index < -0.39 is 46.1 Å². The van der Waals surface area contributed by atoms with Crippen molar-refractivity contribution in [2.45, 2.75) is 44.6 Å². The number of halogens is 3. The van der Waals surface area contributed by atoms with Crippen molar-refractivity contribution in [1.29, 1.82) is 0 Å². The Bertz CT molecular complexity index is 1890. The third-order valence-electron chi connectivity index (χ3n) is 8.99. The summed E-state index contributed by atoms with van der Waals surface area (Å²) < 4.78 is 84.5. The van der Waals surface area contributed by atoms with Crippen LogP contribution in [0.2, 0.25) is 0 Å². The molecule has 4 N–H and O–H groups in total. The van der Waals surface area contributed by atoms with E-state index in [-0.39, 0.29) is 72.6 Å². The largest absolute Gasteiger partial charge is 0.495 e. The number of rotatable bonds is 10. The number of hydrogen-bond donors (Lipinski definition) is 4. The number of carbonyl (C=O) groups is 1. The molecule has 18 heteroatoms. The number of aromatic nitrogens is 2. The summed E-state index contributed by atoms with van der Waals surface area (Å²) in [4.78, 5) is 44.8. The summed E-state index contributed by atoms with van der Waals surface area (Å²) in [5, 5.41) is 4.06. The zero-order valence-corrected chi connectivity index (χ0v) is 28.3.